The zero-order valence-electron chi connectivity index (χ0n) is 12.4. The molecule has 1 N–H and O–H groups in total. The number of halogens is 4. The van der Waals surface area contributed by atoms with Crippen molar-refractivity contribution in [1.82, 2.24) is 24.9 Å². The van der Waals surface area contributed by atoms with E-state index in [1.165, 1.54) is 6.07 Å². The summed E-state index contributed by atoms with van der Waals surface area (Å²) in [4.78, 5) is 17.7. The number of hydrogen-bond donors (Lipinski definition) is 1. The van der Waals surface area contributed by atoms with Crippen LogP contribution in [0.4, 0.5) is 13.2 Å². The van der Waals surface area contributed by atoms with Crippen LogP contribution in [0.15, 0.2) is 18.2 Å². The number of aromatic nitrogens is 5. The van der Waals surface area contributed by atoms with Crippen molar-refractivity contribution in [3.05, 3.63) is 40.7 Å². The van der Waals surface area contributed by atoms with Crippen molar-refractivity contribution in [1.29, 1.82) is 0 Å². The minimum Gasteiger partial charge on any atom is -0.464 e. The molecule has 0 bridgehead atoms. The molecule has 0 atom stereocenters. The van der Waals surface area contributed by atoms with Gasteiger partial charge in [-0.05, 0) is 36.2 Å². The third-order valence-electron chi connectivity index (χ3n) is 3.08. The number of H-pyrrole nitrogens is 1. The van der Waals surface area contributed by atoms with Gasteiger partial charge in [0.15, 0.2) is 0 Å². The summed E-state index contributed by atoms with van der Waals surface area (Å²) in [6.45, 7) is 2.15. The van der Waals surface area contributed by atoms with Crippen LogP contribution in [0.2, 0.25) is 5.28 Å². The number of benzene rings is 1. The summed E-state index contributed by atoms with van der Waals surface area (Å²) >= 11 is 5.82. The van der Waals surface area contributed by atoms with Gasteiger partial charge in [0.25, 0.3) is 0 Å². The summed E-state index contributed by atoms with van der Waals surface area (Å²) in [6, 6.07) is 4.83. The standard InChI is InChI=1S/C14H11ClF3N5O/c1-2-24-13-22-10(21-12(15)23-13)6-7-3-4-8-9(5-7)20-11(19-8)14(16,17)18/h3-5H,2,6H2,1H3,(H,19,20). The molecule has 0 radical (unpaired) electrons. The summed E-state index contributed by atoms with van der Waals surface area (Å²) in [7, 11) is 0. The summed E-state index contributed by atoms with van der Waals surface area (Å²) in [5.74, 6) is -0.676. The highest BCUT2D eigenvalue weighted by Crippen LogP contribution is 2.28. The summed E-state index contributed by atoms with van der Waals surface area (Å²) < 4.78 is 43.2. The van der Waals surface area contributed by atoms with Crippen LogP contribution in [0.5, 0.6) is 6.01 Å². The summed E-state index contributed by atoms with van der Waals surface area (Å²) in [5.41, 5.74) is 1.21. The van der Waals surface area contributed by atoms with Crippen molar-refractivity contribution in [3.8, 4) is 6.01 Å². The smallest absolute Gasteiger partial charge is 0.449 e. The Morgan fingerprint density at radius 1 is 1.17 bits per heavy atom. The molecule has 2 aromatic heterocycles. The van der Waals surface area contributed by atoms with Crippen LogP contribution in [0.25, 0.3) is 11.0 Å². The van der Waals surface area contributed by atoms with Crippen molar-refractivity contribution in [2.45, 2.75) is 19.5 Å². The molecular formula is C14H11ClF3N5O. The Balaban J connectivity index is 1.90. The first-order valence-corrected chi connectivity index (χ1v) is 7.32. The Kier molecular flexibility index (Phi) is 4.27. The van der Waals surface area contributed by atoms with Crippen LogP contribution in [-0.4, -0.2) is 31.5 Å². The Labute approximate surface area is 139 Å². The second kappa shape index (κ2) is 6.23. The fraction of sp³-hybridized carbons (Fsp3) is 0.286. The maximum Gasteiger partial charge on any atom is 0.449 e. The first-order valence-electron chi connectivity index (χ1n) is 6.94. The lowest BCUT2D eigenvalue weighted by molar-refractivity contribution is -0.144. The van der Waals surface area contributed by atoms with Crippen LogP contribution in [0, 0.1) is 0 Å². The van der Waals surface area contributed by atoms with Crippen molar-refractivity contribution in [2.75, 3.05) is 6.61 Å². The molecule has 126 valence electrons. The van der Waals surface area contributed by atoms with Gasteiger partial charge in [0.1, 0.15) is 5.82 Å². The number of imidazole rings is 1. The molecule has 6 nitrogen and oxygen atoms in total. The van der Waals surface area contributed by atoms with E-state index in [2.05, 4.69) is 24.9 Å². The van der Waals surface area contributed by atoms with Crippen LogP contribution in [0.1, 0.15) is 24.1 Å². The van der Waals surface area contributed by atoms with E-state index in [1.807, 2.05) is 0 Å². The van der Waals surface area contributed by atoms with E-state index < -0.39 is 12.0 Å². The van der Waals surface area contributed by atoms with E-state index in [9.17, 15) is 13.2 Å². The second-order valence-electron chi connectivity index (χ2n) is 4.85. The molecule has 24 heavy (non-hydrogen) atoms. The van der Waals surface area contributed by atoms with Gasteiger partial charge in [0.05, 0.1) is 17.6 Å². The number of nitrogens with zero attached hydrogens (tertiary/aromatic N) is 4. The molecule has 2 heterocycles. The highest BCUT2D eigenvalue weighted by molar-refractivity contribution is 6.28. The summed E-state index contributed by atoms with van der Waals surface area (Å²) in [6.07, 6.45) is -4.26. The van der Waals surface area contributed by atoms with Crippen molar-refractivity contribution in [2.24, 2.45) is 0 Å². The highest BCUT2D eigenvalue weighted by atomic mass is 35.5. The molecule has 3 aromatic rings. The Morgan fingerprint density at radius 2 is 1.96 bits per heavy atom. The average Bonchev–Trinajstić information content (AvgIpc) is 2.90. The molecule has 0 saturated carbocycles. The third kappa shape index (κ3) is 3.56. The van der Waals surface area contributed by atoms with Crippen LogP contribution >= 0.6 is 11.6 Å². The lowest BCUT2D eigenvalue weighted by Gasteiger charge is -2.04. The Morgan fingerprint density at radius 3 is 2.67 bits per heavy atom. The van der Waals surface area contributed by atoms with Crippen molar-refractivity contribution in [3.63, 3.8) is 0 Å². The number of fused-ring (bicyclic) bond motifs is 1. The monoisotopic (exact) mass is 357 g/mol. The molecule has 0 aliphatic heterocycles. The van der Waals surface area contributed by atoms with Gasteiger partial charge in [-0.3, -0.25) is 0 Å². The number of hydrogen-bond acceptors (Lipinski definition) is 5. The van der Waals surface area contributed by atoms with Gasteiger partial charge >= 0.3 is 12.2 Å². The minimum absolute atomic E-state index is 0.00886. The summed E-state index contributed by atoms with van der Waals surface area (Å²) in [5, 5.41) is -0.00886. The van der Waals surface area contributed by atoms with Crippen molar-refractivity contribution < 1.29 is 17.9 Å². The SMILES string of the molecule is CCOc1nc(Cl)nc(Cc2ccc3nc(C(F)(F)F)[nH]c3c2)n1. The van der Waals surface area contributed by atoms with Crippen LogP contribution in [-0.2, 0) is 12.6 Å². The first-order chi connectivity index (χ1) is 11.3. The molecule has 0 saturated heterocycles. The molecule has 3 rings (SSSR count). The van der Waals surface area contributed by atoms with Gasteiger partial charge in [-0.2, -0.15) is 23.1 Å². The molecule has 0 amide bonds. The average molecular weight is 358 g/mol. The maximum absolute atomic E-state index is 12.7. The van der Waals surface area contributed by atoms with E-state index in [1.54, 1.807) is 19.1 Å². The fourth-order valence-corrected chi connectivity index (χ4v) is 2.30. The van der Waals surface area contributed by atoms with Crippen LogP contribution in [0.3, 0.4) is 0 Å². The molecule has 0 aliphatic carbocycles. The predicted octanol–water partition coefficient (Wildman–Crippen LogP) is 3.41. The Bertz CT molecular complexity index is 880. The number of ether oxygens (including phenoxy) is 1. The lowest BCUT2D eigenvalue weighted by Crippen LogP contribution is -2.06. The largest absolute Gasteiger partial charge is 0.464 e. The number of alkyl halides is 3. The molecule has 10 heteroatoms. The van der Waals surface area contributed by atoms with E-state index >= 15 is 0 Å². The van der Waals surface area contributed by atoms with E-state index in [0.29, 0.717) is 18.0 Å². The molecule has 0 fully saturated rings. The minimum atomic E-state index is -4.52. The molecular weight excluding hydrogens is 347 g/mol. The topological polar surface area (TPSA) is 76.6 Å². The zero-order chi connectivity index (χ0) is 17.3. The number of rotatable bonds is 4. The van der Waals surface area contributed by atoms with E-state index in [4.69, 9.17) is 16.3 Å². The Hall–Kier alpha value is -2.42. The normalized spacial score (nSPS) is 11.9. The van der Waals surface area contributed by atoms with Gasteiger partial charge in [-0.15, -0.1) is 0 Å². The lowest BCUT2D eigenvalue weighted by atomic mass is 10.1. The van der Waals surface area contributed by atoms with Gasteiger partial charge in [-0.1, -0.05) is 6.07 Å². The number of nitrogens with one attached hydrogen (secondary N) is 1. The maximum atomic E-state index is 12.7. The second-order valence-corrected chi connectivity index (χ2v) is 5.19. The van der Waals surface area contributed by atoms with Gasteiger partial charge in [-0.25, -0.2) is 9.97 Å². The van der Waals surface area contributed by atoms with Crippen LogP contribution < -0.4 is 4.74 Å². The van der Waals surface area contributed by atoms with Gasteiger partial charge in [0.2, 0.25) is 11.1 Å². The number of aromatic amines is 1. The molecule has 0 aliphatic rings. The van der Waals surface area contributed by atoms with Gasteiger partial charge < -0.3 is 9.72 Å². The molecule has 0 unspecified atom stereocenters. The van der Waals surface area contributed by atoms with Crippen molar-refractivity contribution >= 4 is 22.6 Å². The highest BCUT2D eigenvalue weighted by Gasteiger charge is 2.34. The van der Waals surface area contributed by atoms with E-state index in [-0.39, 0.29) is 28.7 Å². The molecule has 0 spiro atoms. The quantitative estimate of drug-likeness (QED) is 0.774. The third-order valence-corrected chi connectivity index (χ3v) is 3.25. The zero-order valence-corrected chi connectivity index (χ0v) is 13.1. The van der Waals surface area contributed by atoms with Gasteiger partial charge in [0, 0.05) is 6.42 Å². The first kappa shape index (κ1) is 16.4. The molecule has 1 aromatic carbocycles. The van der Waals surface area contributed by atoms with E-state index in [0.717, 1.165) is 0 Å². The fourth-order valence-electron chi connectivity index (χ4n) is 2.13. The predicted molar refractivity (Wildman–Crippen MR) is 79.9 cm³/mol.